The van der Waals surface area contributed by atoms with Crippen LogP contribution in [0.25, 0.3) is 0 Å². The Morgan fingerprint density at radius 2 is 1.07 bits per heavy atom. The van der Waals surface area contributed by atoms with Crippen LogP contribution in [0.5, 0.6) is 0 Å². The van der Waals surface area contributed by atoms with Crippen molar-refractivity contribution in [3.63, 3.8) is 0 Å². The lowest BCUT2D eigenvalue weighted by atomic mass is 10.1. The van der Waals surface area contributed by atoms with Gasteiger partial charge in [0.05, 0.1) is 6.54 Å². The molecule has 1 rings (SSSR count). The highest BCUT2D eigenvalue weighted by Crippen LogP contribution is 2.12. The molecule has 8 nitrogen and oxygen atoms in total. The monoisotopic (exact) mass is 849 g/mol. The number of amides is 2. The van der Waals surface area contributed by atoms with Gasteiger partial charge in [-0.1, -0.05) is 166 Å². The number of hydrogen-bond donors (Lipinski definition) is 3. The summed E-state index contributed by atoms with van der Waals surface area (Å²) < 4.78 is 1.15. The molecule has 1 aromatic rings. The average Bonchev–Trinajstić information content (AvgIpc) is 3.26. The average molecular weight is 849 g/mol. The van der Waals surface area contributed by atoms with E-state index in [1.807, 2.05) is 30.5 Å². The number of hydrogen-bond acceptors (Lipinski definition) is 5. The molecule has 0 fully saturated rings. The summed E-state index contributed by atoms with van der Waals surface area (Å²) in [4.78, 5) is 42.8. The molecule has 0 aromatic heterocycles. The normalized spacial score (nSPS) is 12.2. The summed E-state index contributed by atoms with van der Waals surface area (Å²) in [6.45, 7) is 9.88. The minimum Gasteiger partial charge on any atom is -0.352 e. The minimum absolute atomic E-state index is 0.0376. The maximum Gasteiger partial charge on any atom is 0.251 e. The maximum absolute atomic E-state index is 13.0. The lowest BCUT2D eigenvalue weighted by Gasteiger charge is -2.16. The molecule has 0 aliphatic rings. The van der Waals surface area contributed by atoms with Crippen LogP contribution in [0.1, 0.15) is 229 Å². The number of carbonyl (C=O) groups is 2. The van der Waals surface area contributed by atoms with Crippen LogP contribution in [0.2, 0.25) is 0 Å². The predicted octanol–water partition coefficient (Wildman–Crippen LogP) is 13.6. The summed E-state index contributed by atoms with van der Waals surface area (Å²) >= 11 is 0. The molecule has 8 heteroatoms. The van der Waals surface area contributed by atoms with Crippen molar-refractivity contribution in [3.8, 4) is 0 Å². The molecule has 2 amide bonds. The second kappa shape index (κ2) is 43.5. The first-order chi connectivity index (χ1) is 30.0. The van der Waals surface area contributed by atoms with Gasteiger partial charge in [0.25, 0.3) is 5.91 Å². The molecule has 0 bridgehead atoms. The molecule has 0 spiro atoms. The molecule has 0 saturated heterocycles. The van der Waals surface area contributed by atoms with E-state index in [0.717, 1.165) is 61.7 Å². The molecule has 348 valence electrons. The number of aliphatic imine (C=N–C) groups is 1. The van der Waals surface area contributed by atoms with E-state index in [-0.39, 0.29) is 24.4 Å². The van der Waals surface area contributed by atoms with Crippen LogP contribution >= 0.6 is 0 Å². The number of nitrogens with zero attached hydrogens (tertiary/aromatic N) is 2. The molecule has 1 unspecified atom stereocenters. The van der Waals surface area contributed by atoms with E-state index in [1.165, 1.54) is 135 Å². The third kappa shape index (κ3) is 37.2. The van der Waals surface area contributed by atoms with Gasteiger partial charge in [-0.05, 0) is 88.3 Å². The van der Waals surface area contributed by atoms with Gasteiger partial charge in [0.2, 0.25) is 12.5 Å². The van der Waals surface area contributed by atoms with E-state index in [1.54, 1.807) is 0 Å². The summed E-state index contributed by atoms with van der Waals surface area (Å²) in [5.74, 6) is -0.00855. The quantitative estimate of drug-likeness (QED) is 0.0263. The fraction of sp³-hybridized carbons (Fsp3) is 0.755. The van der Waals surface area contributed by atoms with Crippen LogP contribution in [0.3, 0.4) is 0 Å². The Hall–Kier alpha value is -3.13. The number of allylic oxidation sites excluding steroid dienone is 4. The van der Waals surface area contributed by atoms with Crippen molar-refractivity contribution in [2.45, 2.75) is 219 Å². The predicted molar refractivity (Wildman–Crippen MR) is 263 cm³/mol. The molecule has 61 heavy (non-hydrogen) atoms. The highest BCUT2D eigenvalue weighted by atomic mass is 16.3. The molecule has 1 atom stereocenters. The number of nitroso groups, excluding NO2 is 1. The van der Waals surface area contributed by atoms with Crippen molar-refractivity contribution >= 4 is 18.0 Å². The largest absolute Gasteiger partial charge is 0.352 e. The van der Waals surface area contributed by atoms with Gasteiger partial charge < -0.3 is 16.0 Å². The molecule has 3 N–H and O–H groups in total. The van der Waals surface area contributed by atoms with Gasteiger partial charge in [0.1, 0.15) is 6.04 Å². The number of benzene rings is 1. The Kier molecular flexibility index (Phi) is 39.9. The van der Waals surface area contributed by atoms with Gasteiger partial charge in [-0.15, -0.1) is 0 Å². The highest BCUT2D eigenvalue weighted by Gasteiger charge is 2.20. The van der Waals surface area contributed by atoms with Gasteiger partial charge in [0.15, 0.2) is 6.54 Å². The molecule has 0 aliphatic heterocycles. The Balaban J connectivity index is 2.38. The SMILES string of the molecule is CCCCCCCCC=CCCCCCCCC[N+](=O)CC(CNCCN=Cc1ccc(C(=O)NCCCC)cc1)NC(=O)CCCCCCCC=CCCCCCCCC. The van der Waals surface area contributed by atoms with E-state index in [0.29, 0.717) is 44.7 Å². The third-order valence-corrected chi connectivity index (χ3v) is 11.4. The van der Waals surface area contributed by atoms with E-state index in [2.05, 4.69) is 66.0 Å². The number of nitrogens with one attached hydrogen (secondary N) is 3. The smallest absolute Gasteiger partial charge is 0.251 e. The van der Waals surface area contributed by atoms with E-state index >= 15 is 0 Å². The lowest BCUT2D eigenvalue weighted by molar-refractivity contribution is -0.551. The van der Waals surface area contributed by atoms with Crippen molar-refractivity contribution in [1.29, 1.82) is 0 Å². The van der Waals surface area contributed by atoms with Crippen molar-refractivity contribution < 1.29 is 14.3 Å². The number of unbranched alkanes of at least 4 members (excludes halogenated alkanes) is 24. The molecule has 0 heterocycles. The van der Waals surface area contributed by atoms with Crippen LogP contribution in [0.15, 0.2) is 53.6 Å². The van der Waals surface area contributed by atoms with Gasteiger partial charge in [-0.3, -0.25) is 14.6 Å². The van der Waals surface area contributed by atoms with Crippen molar-refractivity contribution in [2.24, 2.45) is 4.99 Å². The van der Waals surface area contributed by atoms with Gasteiger partial charge in [0, 0.05) is 53.9 Å². The molecular weight excluding hydrogens is 755 g/mol. The molecule has 0 aliphatic carbocycles. The number of rotatable bonds is 44. The van der Waals surface area contributed by atoms with Gasteiger partial charge in [-0.25, -0.2) is 0 Å². The van der Waals surface area contributed by atoms with Gasteiger partial charge in [-0.2, -0.15) is 0 Å². The summed E-state index contributed by atoms with van der Waals surface area (Å²) in [5, 5.41) is 9.54. The van der Waals surface area contributed by atoms with Crippen LogP contribution in [0, 0.1) is 4.91 Å². The summed E-state index contributed by atoms with van der Waals surface area (Å²) in [6.07, 6.45) is 47.3. The van der Waals surface area contributed by atoms with E-state index in [4.69, 9.17) is 0 Å². The Morgan fingerprint density at radius 1 is 0.590 bits per heavy atom. The van der Waals surface area contributed by atoms with Crippen molar-refractivity contribution in [1.82, 2.24) is 16.0 Å². The van der Waals surface area contributed by atoms with Crippen molar-refractivity contribution in [3.05, 3.63) is 64.6 Å². The van der Waals surface area contributed by atoms with E-state index < -0.39 is 0 Å². The first kappa shape index (κ1) is 55.9. The summed E-state index contributed by atoms with van der Waals surface area (Å²) in [6, 6.07) is 7.23. The lowest BCUT2D eigenvalue weighted by Crippen LogP contribution is -2.47. The minimum atomic E-state index is -0.248. The second-order valence-electron chi connectivity index (χ2n) is 17.4. The van der Waals surface area contributed by atoms with Crippen molar-refractivity contribution in [2.75, 3.05) is 39.3 Å². The maximum atomic E-state index is 13.0. The highest BCUT2D eigenvalue weighted by molar-refractivity contribution is 5.95. The molecular formula is C53H94N5O3+. The zero-order valence-corrected chi connectivity index (χ0v) is 39.8. The first-order valence-corrected chi connectivity index (χ1v) is 25.6. The van der Waals surface area contributed by atoms with Crippen LogP contribution in [-0.4, -0.2) is 68.1 Å². The fourth-order valence-electron chi connectivity index (χ4n) is 7.48. The zero-order valence-electron chi connectivity index (χ0n) is 39.8. The third-order valence-electron chi connectivity index (χ3n) is 11.4. The Morgan fingerprint density at radius 3 is 1.59 bits per heavy atom. The Bertz CT molecular complexity index is 1260. The Labute approximate surface area is 375 Å². The summed E-state index contributed by atoms with van der Waals surface area (Å²) in [5.41, 5.74) is 1.60. The second-order valence-corrected chi connectivity index (χ2v) is 17.4. The molecule has 0 radical (unpaired) electrons. The zero-order chi connectivity index (χ0) is 44.1. The topological polar surface area (TPSA) is 103 Å². The molecule has 0 saturated carbocycles. The van der Waals surface area contributed by atoms with Crippen LogP contribution in [-0.2, 0) is 4.79 Å². The number of carbonyl (C=O) groups excluding carboxylic acids is 2. The van der Waals surface area contributed by atoms with Gasteiger partial charge >= 0.3 is 0 Å². The van der Waals surface area contributed by atoms with E-state index in [9.17, 15) is 14.5 Å². The van der Waals surface area contributed by atoms with Crippen LogP contribution in [0.4, 0.5) is 0 Å². The van der Waals surface area contributed by atoms with Crippen LogP contribution < -0.4 is 16.0 Å². The fourth-order valence-corrected chi connectivity index (χ4v) is 7.48. The summed E-state index contributed by atoms with van der Waals surface area (Å²) in [7, 11) is 0. The molecule has 1 aromatic carbocycles. The first-order valence-electron chi connectivity index (χ1n) is 25.6. The standard InChI is InChI=1S/C53H93N5O3/c1-4-7-10-12-14-16-18-20-22-24-26-28-30-32-34-36-45-58(61)48-51(47-55-44-43-54-46-49-38-40-50(41-39-49)53(60)56-42-9-6-3)57-52(59)37-35-33-31-29-27-25-23-21-19-17-15-13-11-8-5-2/h20-23,38-41,46,51,55H,4-19,24-37,42-45,47-48H2,1-3H3,(H-,56,57,59,60)/p+1.